The first-order valence-corrected chi connectivity index (χ1v) is 10.5. The maximum Gasteiger partial charge on any atom is 0.225 e. The van der Waals surface area contributed by atoms with E-state index in [-0.39, 0.29) is 29.9 Å². The molecular weight excluding hydrogens is 344 g/mol. The first-order valence-electron chi connectivity index (χ1n) is 7.85. The molecule has 5 nitrogen and oxygen atoms in total. The summed E-state index contributed by atoms with van der Waals surface area (Å²) in [7, 11) is -2.98. The van der Waals surface area contributed by atoms with Crippen molar-refractivity contribution in [2.75, 3.05) is 11.5 Å². The van der Waals surface area contributed by atoms with Crippen molar-refractivity contribution in [3.8, 4) is 10.6 Å². The van der Waals surface area contributed by atoms with E-state index in [2.05, 4.69) is 16.4 Å². The van der Waals surface area contributed by atoms with Gasteiger partial charge in [-0.05, 0) is 26.3 Å². The number of nitrogens with one attached hydrogen (secondary N) is 1. The highest BCUT2D eigenvalue weighted by molar-refractivity contribution is 7.91. The van der Waals surface area contributed by atoms with E-state index in [0.717, 1.165) is 21.1 Å². The molecule has 1 aromatic carbocycles. The Bertz CT molecular complexity index is 872. The highest BCUT2D eigenvalue weighted by Gasteiger charge is 2.29. The van der Waals surface area contributed by atoms with Crippen molar-refractivity contribution in [2.45, 2.75) is 32.7 Å². The van der Waals surface area contributed by atoms with Crippen LogP contribution in [0, 0.1) is 13.8 Å². The van der Waals surface area contributed by atoms with Crippen molar-refractivity contribution in [3.05, 3.63) is 40.4 Å². The second-order valence-electron chi connectivity index (χ2n) is 6.24. The first kappa shape index (κ1) is 17.1. The average molecular weight is 364 g/mol. The molecule has 0 spiro atoms. The molecule has 1 saturated heterocycles. The maximum absolute atomic E-state index is 12.2. The molecule has 1 atom stereocenters. The first-order chi connectivity index (χ1) is 11.3. The number of rotatable bonds is 4. The number of thiazole rings is 1. The molecule has 1 amide bonds. The van der Waals surface area contributed by atoms with Gasteiger partial charge in [-0.2, -0.15) is 0 Å². The van der Waals surface area contributed by atoms with Crippen molar-refractivity contribution in [1.82, 2.24) is 10.3 Å². The zero-order chi connectivity index (χ0) is 17.3. The van der Waals surface area contributed by atoms with Gasteiger partial charge >= 0.3 is 0 Å². The van der Waals surface area contributed by atoms with E-state index in [4.69, 9.17) is 0 Å². The number of hydrogen-bond donors (Lipinski definition) is 1. The number of carbonyl (C=O) groups is 1. The van der Waals surface area contributed by atoms with Crippen LogP contribution < -0.4 is 5.32 Å². The van der Waals surface area contributed by atoms with Gasteiger partial charge in [0, 0.05) is 16.5 Å². The van der Waals surface area contributed by atoms with Gasteiger partial charge in [0.2, 0.25) is 5.91 Å². The third kappa shape index (κ3) is 4.02. The fourth-order valence-corrected chi connectivity index (χ4v) is 5.56. The molecule has 2 aromatic rings. The van der Waals surface area contributed by atoms with Crippen LogP contribution in [0.3, 0.4) is 0 Å². The van der Waals surface area contributed by atoms with E-state index < -0.39 is 9.84 Å². The van der Waals surface area contributed by atoms with E-state index in [1.165, 1.54) is 16.9 Å². The van der Waals surface area contributed by atoms with Gasteiger partial charge in [0.25, 0.3) is 0 Å². The Hall–Kier alpha value is -1.73. The van der Waals surface area contributed by atoms with Crippen molar-refractivity contribution < 1.29 is 13.2 Å². The number of aromatic nitrogens is 1. The Morgan fingerprint density at radius 1 is 1.38 bits per heavy atom. The van der Waals surface area contributed by atoms with E-state index in [9.17, 15) is 13.2 Å². The predicted octanol–water partition coefficient (Wildman–Crippen LogP) is 2.27. The summed E-state index contributed by atoms with van der Waals surface area (Å²) in [5.41, 5.74) is 3.07. The van der Waals surface area contributed by atoms with Gasteiger partial charge in [0.1, 0.15) is 5.01 Å². The van der Waals surface area contributed by atoms with Crippen LogP contribution in [-0.4, -0.2) is 36.9 Å². The van der Waals surface area contributed by atoms with E-state index in [1.54, 1.807) is 0 Å². The number of nitrogens with zero attached hydrogens (tertiary/aromatic N) is 1. The fraction of sp³-hybridized carbons (Fsp3) is 0.412. The Labute approximate surface area is 146 Å². The molecule has 1 aliphatic rings. The van der Waals surface area contributed by atoms with Crippen LogP contribution in [0.2, 0.25) is 0 Å². The maximum atomic E-state index is 12.2. The predicted molar refractivity (Wildman–Crippen MR) is 95.9 cm³/mol. The standard InChI is InChI=1S/C17H20N2O3S2/c1-11-4-3-5-13(8-11)17-18-12(2)15(23-17)9-16(20)19-14-6-7-24(21,22)10-14/h3-5,8,14H,6-7,9-10H2,1-2H3,(H,19,20). The highest BCUT2D eigenvalue weighted by atomic mass is 32.2. The van der Waals surface area contributed by atoms with Gasteiger partial charge in [-0.1, -0.05) is 23.8 Å². The van der Waals surface area contributed by atoms with Crippen LogP contribution in [0.25, 0.3) is 10.6 Å². The Kier molecular flexibility index (Phi) is 4.73. The third-order valence-electron chi connectivity index (χ3n) is 4.08. The van der Waals surface area contributed by atoms with Crippen LogP contribution >= 0.6 is 11.3 Å². The largest absolute Gasteiger partial charge is 0.352 e. The van der Waals surface area contributed by atoms with E-state index >= 15 is 0 Å². The third-order valence-corrected chi connectivity index (χ3v) is 7.05. The number of sulfone groups is 1. The molecule has 3 rings (SSSR count). The summed E-state index contributed by atoms with van der Waals surface area (Å²) < 4.78 is 22.9. The zero-order valence-electron chi connectivity index (χ0n) is 13.7. The number of amides is 1. The molecule has 0 saturated carbocycles. The fourth-order valence-electron chi connectivity index (χ4n) is 2.83. The molecule has 24 heavy (non-hydrogen) atoms. The highest BCUT2D eigenvalue weighted by Crippen LogP contribution is 2.28. The lowest BCUT2D eigenvalue weighted by molar-refractivity contribution is -0.120. The number of benzene rings is 1. The lowest BCUT2D eigenvalue weighted by atomic mass is 10.1. The lowest BCUT2D eigenvalue weighted by Gasteiger charge is -2.10. The minimum atomic E-state index is -2.98. The second-order valence-corrected chi connectivity index (χ2v) is 9.55. The summed E-state index contributed by atoms with van der Waals surface area (Å²) in [6.45, 7) is 3.94. The van der Waals surface area contributed by atoms with Gasteiger partial charge in [-0.15, -0.1) is 11.3 Å². The number of aryl methyl sites for hydroxylation is 2. The van der Waals surface area contributed by atoms with Gasteiger partial charge in [-0.3, -0.25) is 4.79 Å². The Morgan fingerprint density at radius 2 is 2.17 bits per heavy atom. The summed E-state index contributed by atoms with van der Waals surface area (Å²) in [6, 6.07) is 7.86. The summed E-state index contributed by atoms with van der Waals surface area (Å²) in [5, 5.41) is 3.73. The Morgan fingerprint density at radius 3 is 2.83 bits per heavy atom. The molecule has 2 heterocycles. The van der Waals surface area contributed by atoms with Crippen LogP contribution in [-0.2, 0) is 21.1 Å². The molecule has 1 fully saturated rings. The number of hydrogen-bond acceptors (Lipinski definition) is 5. The van der Waals surface area contributed by atoms with Crippen LogP contribution in [0.4, 0.5) is 0 Å². The minimum absolute atomic E-state index is 0.0506. The topological polar surface area (TPSA) is 76.1 Å². The average Bonchev–Trinajstić information content (AvgIpc) is 3.02. The van der Waals surface area contributed by atoms with Gasteiger partial charge in [0.05, 0.1) is 23.6 Å². The summed E-state index contributed by atoms with van der Waals surface area (Å²) >= 11 is 1.52. The minimum Gasteiger partial charge on any atom is -0.352 e. The molecule has 1 aromatic heterocycles. The molecule has 1 aliphatic heterocycles. The van der Waals surface area contributed by atoms with Gasteiger partial charge in [-0.25, -0.2) is 13.4 Å². The Balaban J connectivity index is 1.68. The van der Waals surface area contributed by atoms with Gasteiger partial charge < -0.3 is 5.32 Å². The SMILES string of the molecule is Cc1cccc(-c2nc(C)c(CC(=O)NC3CCS(=O)(=O)C3)s2)c1. The molecule has 128 valence electrons. The zero-order valence-corrected chi connectivity index (χ0v) is 15.3. The molecule has 1 unspecified atom stereocenters. The van der Waals surface area contributed by atoms with E-state index in [1.807, 2.05) is 32.0 Å². The summed E-state index contributed by atoms with van der Waals surface area (Å²) in [6.07, 6.45) is 0.746. The second kappa shape index (κ2) is 6.64. The smallest absolute Gasteiger partial charge is 0.225 e. The monoisotopic (exact) mass is 364 g/mol. The van der Waals surface area contributed by atoms with Crippen LogP contribution in [0.15, 0.2) is 24.3 Å². The van der Waals surface area contributed by atoms with E-state index in [0.29, 0.717) is 6.42 Å². The van der Waals surface area contributed by atoms with Crippen molar-refractivity contribution in [1.29, 1.82) is 0 Å². The molecule has 0 radical (unpaired) electrons. The normalized spacial score (nSPS) is 19.3. The van der Waals surface area contributed by atoms with Crippen molar-refractivity contribution >= 4 is 27.1 Å². The van der Waals surface area contributed by atoms with Crippen molar-refractivity contribution in [3.63, 3.8) is 0 Å². The van der Waals surface area contributed by atoms with Gasteiger partial charge in [0.15, 0.2) is 9.84 Å². The molecule has 0 bridgehead atoms. The lowest BCUT2D eigenvalue weighted by Crippen LogP contribution is -2.36. The molecule has 0 aliphatic carbocycles. The molecule has 7 heteroatoms. The quantitative estimate of drug-likeness (QED) is 0.903. The van der Waals surface area contributed by atoms with Crippen LogP contribution in [0.1, 0.15) is 22.6 Å². The van der Waals surface area contributed by atoms with Crippen LogP contribution in [0.5, 0.6) is 0 Å². The summed E-state index contributed by atoms with van der Waals surface area (Å²) in [4.78, 5) is 17.7. The number of carbonyl (C=O) groups excluding carboxylic acids is 1. The molecule has 1 N–H and O–H groups in total. The molecular formula is C17H20N2O3S2. The van der Waals surface area contributed by atoms with Crippen molar-refractivity contribution in [2.24, 2.45) is 0 Å². The summed E-state index contributed by atoms with van der Waals surface area (Å²) in [5.74, 6) is 0.0731.